The molecule has 0 radical (unpaired) electrons. The van der Waals surface area contributed by atoms with E-state index in [1.54, 1.807) is 6.26 Å². The predicted octanol–water partition coefficient (Wildman–Crippen LogP) is 1.78. The molecule has 2 atom stereocenters. The molecule has 0 saturated carbocycles. The highest BCUT2D eigenvalue weighted by molar-refractivity contribution is 5.87. The summed E-state index contributed by atoms with van der Waals surface area (Å²) in [4.78, 5) is 14.2. The Bertz CT molecular complexity index is 471. The summed E-state index contributed by atoms with van der Waals surface area (Å²) in [6, 6.07) is 3.03. The zero-order valence-electron chi connectivity index (χ0n) is 11.9. The molecule has 2 saturated heterocycles. The zero-order valence-corrected chi connectivity index (χ0v) is 11.9. The van der Waals surface area contributed by atoms with Gasteiger partial charge in [-0.15, -0.1) is 0 Å². The van der Waals surface area contributed by atoms with Crippen molar-refractivity contribution in [1.82, 2.24) is 10.2 Å². The number of fused-ring (bicyclic) bond motifs is 1. The van der Waals surface area contributed by atoms with Gasteiger partial charge in [-0.25, -0.2) is 4.79 Å². The second kappa shape index (κ2) is 5.97. The largest absolute Gasteiger partial charge is 0.463 e. The van der Waals surface area contributed by atoms with Crippen LogP contribution in [-0.4, -0.2) is 43.2 Å². The fraction of sp³-hybridized carbons (Fsp3) is 0.667. The minimum Gasteiger partial charge on any atom is -0.463 e. The third-order valence-corrected chi connectivity index (χ3v) is 4.53. The number of piperidine rings is 1. The standard InChI is InChI=1S/C15H22N2O3/c1-19-15(18)14-11(6-9-20-14)10-16-12-5-8-17-7-3-2-4-13(12)17/h6,9,12-13,16H,2-5,7-8,10H2,1H3. The summed E-state index contributed by atoms with van der Waals surface area (Å²) in [7, 11) is 1.37. The van der Waals surface area contributed by atoms with Crippen LogP contribution in [-0.2, 0) is 11.3 Å². The van der Waals surface area contributed by atoms with Gasteiger partial charge in [-0.2, -0.15) is 0 Å². The van der Waals surface area contributed by atoms with E-state index in [1.165, 1.54) is 45.9 Å². The molecule has 2 aliphatic rings. The summed E-state index contributed by atoms with van der Waals surface area (Å²) >= 11 is 0. The van der Waals surface area contributed by atoms with E-state index in [1.807, 2.05) is 6.07 Å². The molecule has 2 aliphatic heterocycles. The van der Waals surface area contributed by atoms with Crippen molar-refractivity contribution in [2.45, 2.75) is 44.3 Å². The molecule has 20 heavy (non-hydrogen) atoms. The number of nitrogens with zero attached hydrogens (tertiary/aromatic N) is 1. The maximum Gasteiger partial charge on any atom is 0.374 e. The monoisotopic (exact) mass is 278 g/mol. The first-order valence-corrected chi connectivity index (χ1v) is 7.41. The average molecular weight is 278 g/mol. The van der Waals surface area contributed by atoms with Gasteiger partial charge in [0.2, 0.25) is 5.76 Å². The van der Waals surface area contributed by atoms with Crippen LogP contribution in [0.25, 0.3) is 0 Å². The number of rotatable bonds is 4. The van der Waals surface area contributed by atoms with E-state index in [0.717, 1.165) is 5.56 Å². The maximum atomic E-state index is 11.6. The molecule has 1 N–H and O–H groups in total. The predicted molar refractivity (Wildman–Crippen MR) is 74.5 cm³/mol. The Kier molecular flexibility index (Phi) is 4.08. The highest BCUT2D eigenvalue weighted by Gasteiger charge is 2.35. The van der Waals surface area contributed by atoms with Gasteiger partial charge < -0.3 is 14.5 Å². The molecule has 2 fully saturated rings. The topological polar surface area (TPSA) is 54.7 Å². The fourth-order valence-corrected chi connectivity index (χ4v) is 3.47. The molecule has 2 unspecified atom stereocenters. The lowest BCUT2D eigenvalue weighted by atomic mass is 9.99. The van der Waals surface area contributed by atoms with Crippen LogP contribution in [0.15, 0.2) is 16.7 Å². The smallest absolute Gasteiger partial charge is 0.374 e. The van der Waals surface area contributed by atoms with E-state index < -0.39 is 5.97 Å². The van der Waals surface area contributed by atoms with E-state index in [0.29, 0.717) is 24.4 Å². The van der Waals surface area contributed by atoms with Crippen LogP contribution in [0.5, 0.6) is 0 Å². The second-order valence-electron chi connectivity index (χ2n) is 5.64. The highest BCUT2D eigenvalue weighted by Crippen LogP contribution is 2.27. The molecular weight excluding hydrogens is 256 g/mol. The van der Waals surface area contributed by atoms with E-state index in [-0.39, 0.29) is 0 Å². The van der Waals surface area contributed by atoms with Gasteiger partial charge in [0.15, 0.2) is 0 Å². The summed E-state index contributed by atoms with van der Waals surface area (Å²) in [5.41, 5.74) is 0.881. The van der Waals surface area contributed by atoms with Crippen LogP contribution in [0.3, 0.4) is 0 Å². The SMILES string of the molecule is COC(=O)c1occc1CNC1CCN2CCCCC12. The van der Waals surface area contributed by atoms with E-state index in [2.05, 4.69) is 10.2 Å². The molecule has 3 heterocycles. The van der Waals surface area contributed by atoms with Crippen molar-refractivity contribution in [3.05, 3.63) is 23.7 Å². The Morgan fingerprint density at radius 1 is 1.45 bits per heavy atom. The van der Waals surface area contributed by atoms with Crippen molar-refractivity contribution in [2.24, 2.45) is 0 Å². The van der Waals surface area contributed by atoms with Crippen LogP contribution in [0.2, 0.25) is 0 Å². The van der Waals surface area contributed by atoms with Gasteiger partial charge in [0.1, 0.15) is 0 Å². The molecule has 110 valence electrons. The number of carbonyl (C=O) groups is 1. The summed E-state index contributed by atoms with van der Waals surface area (Å²) in [5.74, 6) is -0.0870. The van der Waals surface area contributed by atoms with Gasteiger partial charge in [0.05, 0.1) is 13.4 Å². The molecule has 0 spiro atoms. The number of furan rings is 1. The summed E-state index contributed by atoms with van der Waals surface area (Å²) in [6.07, 6.45) is 6.68. The van der Waals surface area contributed by atoms with Crippen molar-refractivity contribution < 1.29 is 13.9 Å². The number of hydrogen-bond donors (Lipinski definition) is 1. The van der Waals surface area contributed by atoms with Crippen LogP contribution in [0, 0.1) is 0 Å². The van der Waals surface area contributed by atoms with Crippen molar-refractivity contribution in [3.8, 4) is 0 Å². The number of methoxy groups -OCH3 is 1. The van der Waals surface area contributed by atoms with E-state index >= 15 is 0 Å². The van der Waals surface area contributed by atoms with Gasteiger partial charge in [-0.3, -0.25) is 4.90 Å². The normalized spacial score (nSPS) is 26.4. The number of nitrogens with one attached hydrogen (secondary N) is 1. The Morgan fingerprint density at radius 2 is 2.35 bits per heavy atom. The minimum atomic E-state index is -0.405. The van der Waals surface area contributed by atoms with Crippen molar-refractivity contribution in [3.63, 3.8) is 0 Å². The molecule has 0 aromatic carbocycles. The van der Waals surface area contributed by atoms with Crippen LogP contribution < -0.4 is 5.32 Å². The number of esters is 1. The molecule has 3 rings (SSSR count). The van der Waals surface area contributed by atoms with Crippen molar-refractivity contribution in [1.29, 1.82) is 0 Å². The quantitative estimate of drug-likeness (QED) is 0.851. The van der Waals surface area contributed by atoms with Crippen LogP contribution in [0.4, 0.5) is 0 Å². The fourth-order valence-electron chi connectivity index (χ4n) is 3.47. The Labute approximate surface area is 119 Å². The molecule has 5 heteroatoms. The average Bonchev–Trinajstić information content (AvgIpc) is 3.11. The Hall–Kier alpha value is -1.33. The third-order valence-electron chi connectivity index (χ3n) is 4.53. The Balaban J connectivity index is 1.60. The second-order valence-corrected chi connectivity index (χ2v) is 5.64. The minimum absolute atomic E-state index is 0.318. The highest BCUT2D eigenvalue weighted by atomic mass is 16.5. The van der Waals surface area contributed by atoms with Crippen LogP contribution >= 0.6 is 0 Å². The van der Waals surface area contributed by atoms with Gasteiger partial charge >= 0.3 is 5.97 Å². The van der Waals surface area contributed by atoms with E-state index in [4.69, 9.17) is 9.15 Å². The maximum absolute atomic E-state index is 11.6. The Morgan fingerprint density at radius 3 is 3.20 bits per heavy atom. The molecule has 1 aromatic rings. The summed E-state index contributed by atoms with van der Waals surface area (Å²) in [5, 5.41) is 3.59. The van der Waals surface area contributed by atoms with Crippen molar-refractivity contribution >= 4 is 5.97 Å². The van der Waals surface area contributed by atoms with Gasteiger partial charge in [-0.1, -0.05) is 6.42 Å². The van der Waals surface area contributed by atoms with Crippen LogP contribution in [0.1, 0.15) is 41.8 Å². The van der Waals surface area contributed by atoms with Gasteiger partial charge in [0.25, 0.3) is 0 Å². The molecule has 1 aromatic heterocycles. The van der Waals surface area contributed by atoms with Crippen molar-refractivity contribution in [2.75, 3.05) is 20.2 Å². The molecule has 0 bridgehead atoms. The molecule has 0 aliphatic carbocycles. The molecular formula is C15H22N2O3. The third kappa shape index (κ3) is 2.60. The first-order chi connectivity index (χ1) is 9.79. The number of carbonyl (C=O) groups excluding carboxylic acids is 1. The van der Waals surface area contributed by atoms with Gasteiger partial charge in [0, 0.05) is 30.7 Å². The lowest BCUT2D eigenvalue weighted by Gasteiger charge is -2.32. The number of ether oxygens (including phenoxy) is 1. The van der Waals surface area contributed by atoms with E-state index in [9.17, 15) is 4.79 Å². The first kappa shape index (κ1) is 13.6. The van der Waals surface area contributed by atoms with Gasteiger partial charge in [-0.05, 0) is 31.9 Å². The lowest BCUT2D eigenvalue weighted by molar-refractivity contribution is 0.0563. The molecule has 0 amide bonds. The molecule has 5 nitrogen and oxygen atoms in total. The number of hydrogen-bond acceptors (Lipinski definition) is 5. The summed E-state index contributed by atoms with van der Waals surface area (Å²) < 4.78 is 9.94. The zero-order chi connectivity index (χ0) is 13.9. The lowest BCUT2D eigenvalue weighted by Crippen LogP contribution is -2.44. The summed E-state index contributed by atoms with van der Waals surface area (Å²) in [6.45, 7) is 3.09. The first-order valence-electron chi connectivity index (χ1n) is 7.41.